The van der Waals surface area contributed by atoms with Gasteiger partial charge in [0.15, 0.2) is 0 Å². The summed E-state index contributed by atoms with van der Waals surface area (Å²) in [4.78, 5) is 0.0954. The largest absolute Gasteiger partial charge is 0.383 e. The third-order valence-corrected chi connectivity index (χ3v) is 4.99. The van der Waals surface area contributed by atoms with E-state index in [0.717, 1.165) is 6.42 Å². The Hall–Kier alpha value is -0.690. The summed E-state index contributed by atoms with van der Waals surface area (Å²) >= 11 is 1.24. The van der Waals surface area contributed by atoms with Crippen LogP contribution >= 0.6 is 11.8 Å². The van der Waals surface area contributed by atoms with E-state index in [4.69, 9.17) is 9.47 Å². The Morgan fingerprint density at radius 1 is 1.38 bits per heavy atom. The van der Waals surface area contributed by atoms with Crippen molar-refractivity contribution in [1.29, 1.82) is 0 Å². The summed E-state index contributed by atoms with van der Waals surface area (Å²) in [5.74, 6) is -0.995. The first-order valence-corrected chi connectivity index (χ1v) is 7.95. The highest BCUT2D eigenvalue weighted by Crippen LogP contribution is 2.35. The van der Waals surface area contributed by atoms with Gasteiger partial charge in [-0.1, -0.05) is 0 Å². The average molecular weight is 317 g/mol. The van der Waals surface area contributed by atoms with E-state index in [1.54, 1.807) is 7.11 Å². The summed E-state index contributed by atoms with van der Waals surface area (Å²) in [7, 11) is 1.61. The molecule has 2 atom stereocenters. The Balaban J connectivity index is 1.99. The van der Waals surface area contributed by atoms with Crippen molar-refractivity contribution < 1.29 is 18.3 Å². The Kier molecular flexibility index (Phi) is 6.41. The molecule has 2 rings (SSSR count). The fourth-order valence-electron chi connectivity index (χ4n) is 2.25. The topological polar surface area (TPSA) is 30.5 Å². The summed E-state index contributed by atoms with van der Waals surface area (Å²) in [6, 6.07) is 2.79. The van der Waals surface area contributed by atoms with Gasteiger partial charge >= 0.3 is 0 Å². The van der Waals surface area contributed by atoms with Crippen molar-refractivity contribution >= 4 is 11.8 Å². The number of nitrogens with one attached hydrogen (secondary N) is 1. The summed E-state index contributed by atoms with van der Waals surface area (Å²) in [6.45, 7) is 4.23. The van der Waals surface area contributed by atoms with Gasteiger partial charge in [0, 0.05) is 32.1 Å². The molecule has 1 aliphatic heterocycles. The number of benzene rings is 1. The molecular weight excluding hydrogens is 296 g/mol. The van der Waals surface area contributed by atoms with Crippen LogP contribution in [-0.4, -0.2) is 38.2 Å². The Bertz CT molecular complexity index is 450. The molecule has 1 aromatic rings. The molecule has 21 heavy (non-hydrogen) atoms. The van der Waals surface area contributed by atoms with Gasteiger partial charge < -0.3 is 14.8 Å². The zero-order valence-electron chi connectivity index (χ0n) is 12.3. The normalized spacial score (nSPS) is 21.9. The molecule has 0 spiro atoms. The van der Waals surface area contributed by atoms with Crippen molar-refractivity contribution in [2.75, 3.05) is 26.9 Å². The van der Waals surface area contributed by atoms with Crippen molar-refractivity contribution in [2.24, 2.45) is 0 Å². The highest BCUT2D eigenvalue weighted by Gasteiger charge is 2.27. The van der Waals surface area contributed by atoms with Crippen LogP contribution in [0.2, 0.25) is 0 Å². The van der Waals surface area contributed by atoms with E-state index in [0.29, 0.717) is 31.9 Å². The van der Waals surface area contributed by atoms with Gasteiger partial charge in [-0.25, -0.2) is 8.78 Å². The first-order valence-electron chi connectivity index (χ1n) is 7.07. The highest BCUT2D eigenvalue weighted by atomic mass is 32.2. The van der Waals surface area contributed by atoms with Crippen LogP contribution in [0, 0.1) is 11.6 Å². The molecule has 1 heterocycles. The SMILES string of the molecule is COCCNCc1cc(F)c(SC2CCOC2C)c(F)c1. The lowest BCUT2D eigenvalue weighted by molar-refractivity contribution is 0.127. The quantitative estimate of drug-likeness (QED) is 0.783. The first-order chi connectivity index (χ1) is 10.1. The van der Waals surface area contributed by atoms with E-state index in [2.05, 4.69) is 5.32 Å². The maximum atomic E-state index is 14.1. The van der Waals surface area contributed by atoms with Crippen molar-refractivity contribution in [1.82, 2.24) is 5.32 Å². The summed E-state index contributed by atoms with van der Waals surface area (Å²) in [5, 5.41) is 3.18. The lowest BCUT2D eigenvalue weighted by atomic mass is 10.2. The molecule has 0 aliphatic carbocycles. The van der Waals surface area contributed by atoms with Crippen molar-refractivity contribution in [2.45, 2.75) is 36.1 Å². The zero-order chi connectivity index (χ0) is 15.2. The van der Waals surface area contributed by atoms with Crippen LogP contribution in [0.3, 0.4) is 0 Å². The molecule has 6 heteroatoms. The Morgan fingerprint density at radius 3 is 2.67 bits per heavy atom. The fourth-order valence-corrected chi connectivity index (χ4v) is 3.38. The van der Waals surface area contributed by atoms with Gasteiger partial charge in [-0.15, -0.1) is 11.8 Å². The van der Waals surface area contributed by atoms with E-state index in [9.17, 15) is 8.78 Å². The van der Waals surface area contributed by atoms with Gasteiger partial charge in [-0.05, 0) is 31.0 Å². The second-order valence-corrected chi connectivity index (χ2v) is 6.33. The molecule has 0 amide bonds. The summed E-state index contributed by atoms with van der Waals surface area (Å²) < 4.78 is 38.6. The minimum Gasteiger partial charge on any atom is -0.383 e. The monoisotopic (exact) mass is 317 g/mol. The molecular formula is C15H21F2NO2S. The van der Waals surface area contributed by atoms with E-state index >= 15 is 0 Å². The molecule has 3 nitrogen and oxygen atoms in total. The molecule has 1 aromatic carbocycles. The molecule has 1 N–H and O–H groups in total. The number of rotatable bonds is 7. The molecule has 0 radical (unpaired) electrons. The van der Waals surface area contributed by atoms with E-state index in [-0.39, 0.29) is 16.2 Å². The van der Waals surface area contributed by atoms with Gasteiger partial charge in [0.05, 0.1) is 17.6 Å². The van der Waals surface area contributed by atoms with Gasteiger partial charge in [0.25, 0.3) is 0 Å². The number of halogens is 2. The maximum Gasteiger partial charge on any atom is 0.140 e. The van der Waals surface area contributed by atoms with E-state index in [1.807, 2.05) is 6.92 Å². The van der Waals surface area contributed by atoms with Crippen molar-refractivity contribution in [3.8, 4) is 0 Å². The van der Waals surface area contributed by atoms with E-state index < -0.39 is 11.6 Å². The Labute approximate surface area is 128 Å². The van der Waals surface area contributed by atoms with Crippen LogP contribution in [0.15, 0.2) is 17.0 Å². The standard InChI is InChI=1S/C15H21F2NO2S/c1-10-14(3-5-20-10)21-15-12(16)7-11(8-13(15)17)9-18-4-6-19-2/h7-8,10,14,18H,3-6,9H2,1-2H3. The molecule has 0 bridgehead atoms. The second-order valence-electron chi connectivity index (χ2n) is 5.08. The van der Waals surface area contributed by atoms with Gasteiger partial charge in [-0.3, -0.25) is 0 Å². The predicted molar refractivity (Wildman–Crippen MR) is 79.6 cm³/mol. The summed E-state index contributed by atoms with van der Waals surface area (Å²) in [5.41, 5.74) is 0.598. The van der Waals surface area contributed by atoms with Crippen LogP contribution in [0.4, 0.5) is 8.78 Å². The van der Waals surface area contributed by atoms with E-state index in [1.165, 1.54) is 23.9 Å². The minimum atomic E-state index is -0.498. The van der Waals surface area contributed by atoms with Crippen molar-refractivity contribution in [3.63, 3.8) is 0 Å². The molecule has 1 fully saturated rings. The van der Waals surface area contributed by atoms with Crippen molar-refractivity contribution in [3.05, 3.63) is 29.3 Å². The van der Waals surface area contributed by atoms with Crippen LogP contribution in [0.1, 0.15) is 18.9 Å². The summed E-state index contributed by atoms with van der Waals surface area (Å²) in [6.07, 6.45) is 0.856. The predicted octanol–water partition coefficient (Wildman–Crippen LogP) is 2.97. The zero-order valence-corrected chi connectivity index (χ0v) is 13.1. The first kappa shape index (κ1) is 16.7. The smallest absolute Gasteiger partial charge is 0.140 e. The third-order valence-electron chi connectivity index (χ3n) is 3.45. The number of hydrogen-bond acceptors (Lipinski definition) is 4. The molecule has 118 valence electrons. The lowest BCUT2D eigenvalue weighted by Crippen LogP contribution is -2.19. The number of hydrogen-bond donors (Lipinski definition) is 1. The van der Waals surface area contributed by atoms with Crippen LogP contribution < -0.4 is 5.32 Å². The Morgan fingerprint density at radius 2 is 2.10 bits per heavy atom. The van der Waals surface area contributed by atoms with Crippen LogP contribution in [0.5, 0.6) is 0 Å². The fraction of sp³-hybridized carbons (Fsp3) is 0.600. The highest BCUT2D eigenvalue weighted by molar-refractivity contribution is 8.00. The third kappa shape index (κ3) is 4.64. The van der Waals surface area contributed by atoms with Crippen LogP contribution in [-0.2, 0) is 16.0 Å². The lowest BCUT2D eigenvalue weighted by Gasteiger charge is -2.15. The molecule has 0 saturated carbocycles. The van der Waals surface area contributed by atoms with Gasteiger partial charge in [-0.2, -0.15) is 0 Å². The number of thioether (sulfide) groups is 1. The average Bonchev–Trinajstić information content (AvgIpc) is 2.84. The molecule has 2 unspecified atom stereocenters. The molecule has 1 aliphatic rings. The molecule has 0 aromatic heterocycles. The maximum absolute atomic E-state index is 14.1. The minimum absolute atomic E-state index is 0.0317. The molecule has 1 saturated heterocycles. The number of ether oxygens (including phenoxy) is 2. The van der Waals surface area contributed by atoms with Gasteiger partial charge in [0.1, 0.15) is 11.6 Å². The second kappa shape index (κ2) is 8.08. The van der Waals surface area contributed by atoms with Gasteiger partial charge in [0.2, 0.25) is 0 Å². The van der Waals surface area contributed by atoms with Crippen LogP contribution in [0.25, 0.3) is 0 Å². The number of methoxy groups -OCH3 is 1.